The zero-order valence-corrected chi connectivity index (χ0v) is 21.3. The Morgan fingerprint density at radius 2 is 2.05 bits per heavy atom. The van der Waals surface area contributed by atoms with E-state index in [4.69, 9.17) is 20.2 Å². The SMILES string of the molecule is CN=Cc1cc(C(=O)NCC(c2cc3c(c(-c4ccc(F)cc4)n2)OC[C@H]3C)C2CC2)cc(OC)c1N. The van der Waals surface area contributed by atoms with E-state index in [9.17, 15) is 9.18 Å². The summed E-state index contributed by atoms with van der Waals surface area (Å²) in [7, 11) is 3.17. The van der Waals surface area contributed by atoms with Gasteiger partial charge in [0.25, 0.3) is 5.91 Å². The summed E-state index contributed by atoms with van der Waals surface area (Å²) in [5.41, 5.74) is 11.2. The first-order valence-electron chi connectivity index (χ1n) is 12.5. The largest absolute Gasteiger partial charge is 0.495 e. The molecule has 1 unspecified atom stereocenters. The minimum atomic E-state index is -0.294. The van der Waals surface area contributed by atoms with E-state index in [0.717, 1.165) is 41.1 Å². The Hall–Kier alpha value is -3.94. The van der Waals surface area contributed by atoms with Crippen LogP contribution in [0.4, 0.5) is 10.1 Å². The van der Waals surface area contributed by atoms with Gasteiger partial charge in [-0.2, -0.15) is 0 Å². The molecule has 37 heavy (non-hydrogen) atoms. The van der Waals surface area contributed by atoms with Gasteiger partial charge in [0.2, 0.25) is 0 Å². The number of hydrogen-bond donors (Lipinski definition) is 2. The van der Waals surface area contributed by atoms with Crippen molar-refractivity contribution in [1.29, 1.82) is 0 Å². The lowest BCUT2D eigenvalue weighted by molar-refractivity contribution is 0.0949. The topological polar surface area (TPSA) is 98.8 Å². The van der Waals surface area contributed by atoms with Crippen molar-refractivity contribution >= 4 is 17.8 Å². The average Bonchev–Trinajstić information content (AvgIpc) is 3.67. The van der Waals surface area contributed by atoms with Gasteiger partial charge in [0.05, 0.1) is 19.4 Å². The third-order valence-electron chi connectivity index (χ3n) is 7.13. The van der Waals surface area contributed by atoms with E-state index in [0.29, 0.717) is 41.6 Å². The van der Waals surface area contributed by atoms with Crippen LogP contribution in [0.15, 0.2) is 47.5 Å². The molecule has 3 aromatic rings. The maximum Gasteiger partial charge on any atom is 0.251 e. The minimum absolute atomic E-state index is 0.0496. The molecule has 5 rings (SSSR count). The van der Waals surface area contributed by atoms with E-state index in [1.165, 1.54) is 19.2 Å². The number of benzene rings is 2. The average molecular weight is 503 g/mol. The summed E-state index contributed by atoms with van der Waals surface area (Å²) >= 11 is 0. The van der Waals surface area contributed by atoms with Gasteiger partial charge in [0.1, 0.15) is 23.0 Å². The number of fused-ring (bicyclic) bond motifs is 1. The van der Waals surface area contributed by atoms with Gasteiger partial charge in [0.15, 0.2) is 0 Å². The second-order valence-electron chi connectivity index (χ2n) is 9.76. The van der Waals surface area contributed by atoms with E-state index in [1.54, 1.807) is 37.5 Å². The molecule has 1 aliphatic heterocycles. The number of halogens is 1. The predicted molar refractivity (Wildman–Crippen MR) is 142 cm³/mol. The fraction of sp³-hybridized carbons (Fsp3) is 0.345. The smallest absolute Gasteiger partial charge is 0.251 e. The summed E-state index contributed by atoms with van der Waals surface area (Å²) < 4.78 is 25.0. The summed E-state index contributed by atoms with van der Waals surface area (Å²) in [6.07, 6.45) is 3.78. The van der Waals surface area contributed by atoms with Gasteiger partial charge >= 0.3 is 0 Å². The number of aliphatic imine (C=N–C) groups is 1. The summed E-state index contributed by atoms with van der Waals surface area (Å²) in [5.74, 6) is 1.40. The number of ether oxygens (including phenoxy) is 2. The number of aromatic nitrogens is 1. The molecule has 0 radical (unpaired) electrons. The molecule has 2 aromatic carbocycles. The second kappa shape index (κ2) is 10.2. The maximum absolute atomic E-state index is 13.6. The lowest BCUT2D eigenvalue weighted by Gasteiger charge is -2.20. The highest BCUT2D eigenvalue weighted by Gasteiger charge is 2.36. The van der Waals surface area contributed by atoms with Crippen molar-refractivity contribution in [1.82, 2.24) is 10.3 Å². The third-order valence-corrected chi connectivity index (χ3v) is 7.13. The number of pyridine rings is 1. The molecule has 0 spiro atoms. The van der Waals surface area contributed by atoms with Crippen molar-refractivity contribution in [2.45, 2.75) is 31.6 Å². The van der Waals surface area contributed by atoms with Crippen LogP contribution in [-0.2, 0) is 0 Å². The van der Waals surface area contributed by atoms with Crippen molar-refractivity contribution in [2.75, 3.05) is 33.0 Å². The zero-order chi connectivity index (χ0) is 26.1. The first-order valence-corrected chi connectivity index (χ1v) is 12.5. The van der Waals surface area contributed by atoms with Crippen LogP contribution in [0.1, 0.15) is 58.8 Å². The Balaban J connectivity index is 1.44. The van der Waals surface area contributed by atoms with Crippen LogP contribution >= 0.6 is 0 Å². The van der Waals surface area contributed by atoms with Gasteiger partial charge in [-0.05, 0) is 61.2 Å². The predicted octanol–water partition coefficient (Wildman–Crippen LogP) is 4.95. The fourth-order valence-electron chi connectivity index (χ4n) is 4.89. The first-order chi connectivity index (χ1) is 17.9. The molecule has 0 bridgehead atoms. The minimum Gasteiger partial charge on any atom is -0.495 e. The van der Waals surface area contributed by atoms with Crippen molar-refractivity contribution in [2.24, 2.45) is 10.9 Å². The van der Waals surface area contributed by atoms with Crippen molar-refractivity contribution < 1.29 is 18.7 Å². The van der Waals surface area contributed by atoms with Crippen LogP contribution in [0.5, 0.6) is 11.5 Å². The third kappa shape index (κ3) is 5.01. The van der Waals surface area contributed by atoms with E-state index in [-0.39, 0.29) is 23.6 Å². The summed E-state index contributed by atoms with van der Waals surface area (Å²) in [5, 5.41) is 3.10. The number of nitrogens with one attached hydrogen (secondary N) is 1. The van der Waals surface area contributed by atoms with Crippen LogP contribution in [0, 0.1) is 11.7 Å². The van der Waals surface area contributed by atoms with E-state index in [2.05, 4.69) is 23.3 Å². The number of amides is 1. The monoisotopic (exact) mass is 502 g/mol. The highest BCUT2D eigenvalue weighted by Crippen LogP contribution is 2.46. The number of carbonyl (C=O) groups excluding carboxylic acids is 1. The molecule has 1 aromatic heterocycles. The number of carbonyl (C=O) groups is 1. The molecule has 8 heteroatoms. The van der Waals surface area contributed by atoms with Gasteiger partial charge in [-0.3, -0.25) is 9.79 Å². The molecule has 7 nitrogen and oxygen atoms in total. The molecule has 0 saturated heterocycles. The Morgan fingerprint density at radius 1 is 1.30 bits per heavy atom. The Morgan fingerprint density at radius 3 is 2.73 bits per heavy atom. The Kier molecular flexibility index (Phi) is 6.82. The maximum atomic E-state index is 13.6. The lowest BCUT2D eigenvalue weighted by atomic mass is 9.93. The standard InChI is InChI=1S/C29H31FN4O3/c1-16-15-37-28-22(16)12-24(34-27(28)18-6-8-21(30)9-7-18)23(17-4-5-17)14-33-29(35)19-10-20(13-32-2)26(31)25(11-19)36-3/h6-13,16-17,23H,4-5,14-15,31H2,1-3H3,(H,33,35)/t16-,23?/m1/s1. The highest BCUT2D eigenvalue weighted by molar-refractivity contribution is 5.99. The molecule has 3 N–H and O–H groups in total. The van der Waals surface area contributed by atoms with E-state index < -0.39 is 0 Å². The summed E-state index contributed by atoms with van der Waals surface area (Å²) in [4.78, 5) is 22.2. The Labute approximate surface area is 215 Å². The molecular weight excluding hydrogens is 471 g/mol. The van der Waals surface area contributed by atoms with Gasteiger partial charge in [-0.15, -0.1) is 0 Å². The Bertz CT molecular complexity index is 1350. The number of methoxy groups -OCH3 is 1. The fourth-order valence-corrected chi connectivity index (χ4v) is 4.89. The van der Waals surface area contributed by atoms with Crippen molar-refractivity contribution in [3.8, 4) is 22.8 Å². The number of nitrogens with zero attached hydrogens (tertiary/aromatic N) is 2. The molecule has 1 saturated carbocycles. The molecule has 1 amide bonds. The number of nitrogens with two attached hydrogens (primary N) is 1. The highest BCUT2D eigenvalue weighted by atomic mass is 19.1. The van der Waals surface area contributed by atoms with E-state index >= 15 is 0 Å². The van der Waals surface area contributed by atoms with Crippen LogP contribution in [0.25, 0.3) is 11.3 Å². The van der Waals surface area contributed by atoms with Crippen LogP contribution in [0.2, 0.25) is 0 Å². The second-order valence-corrected chi connectivity index (χ2v) is 9.76. The quantitative estimate of drug-likeness (QED) is 0.336. The summed E-state index contributed by atoms with van der Waals surface area (Å²) in [6.45, 7) is 3.16. The normalized spacial score (nSPS) is 17.4. The van der Waals surface area contributed by atoms with Crippen molar-refractivity contribution in [3.05, 3.63) is 70.7 Å². The molecular formula is C29H31FN4O3. The summed E-state index contributed by atoms with van der Waals surface area (Å²) in [6, 6.07) is 11.8. The van der Waals surface area contributed by atoms with Gasteiger partial charge < -0.3 is 20.5 Å². The van der Waals surface area contributed by atoms with Gasteiger partial charge in [0, 0.05) is 59.6 Å². The molecule has 2 atom stereocenters. The van der Waals surface area contributed by atoms with Crippen LogP contribution in [-0.4, -0.2) is 44.4 Å². The van der Waals surface area contributed by atoms with Crippen LogP contribution < -0.4 is 20.5 Å². The number of hydrogen-bond acceptors (Lipinski definition) is 6. The molecule has 1 fully saturated rings. The molecule has 2 heterocycles. The van der Waals surface area contributed by atoms with Crippen molar-refractivity contribution in [3.63, 3.8) is 0 Å². The number of rotatable bonds is 8. The molecule has 2 aliphatic rings. The lowest BCUT2D eigenvalue weighted by Crippen LogP contribution is -2.30. The molecule has 192 valence electrons. The van der Waals surface area contributed by atoms with Crippen LogP contribution in [0.3, 0.4) is 0 Å². The van der Waals surface area contributed by atoms with Gasteiger partial charge in [-0.25, -0.2) is 9.37 Å². The van der Waals surface area contributed by atoms with Gasteiger partial charge in [-0.1, -0.05) is 6.92 Å². The first kappa shape index (κ1) is 24.7. The zero-order valence-electron chi connectivity index (χ0n) is 21.3. The molecule has 1 aliphatic carbocycles. The van der Waals surface area contributed by atoms with E-state index in [1.807, 2.05) is 0 Å². The number of nitrogen functional groups attached to an aromatic ring is 1. The number of anilines is 1.